The number of nitrogens with zero attached hydrogens (tertiary/aromatic N) is 3. The highest BCUT2D eigenvalue weighted by Crippen LogP contribution is 2.17. The molecule has 0 N–H and O–H groups in total. The average molecular weight is 350 g/mol. The molecular weight excluding hydrogens is 310 g/mol. The van der Waals surface area contributed by atoms with E-state index in [4.69, 9.17) is 0 Å². The maximum atomic E-state index is 12.5. The number of aliphatic imine (C=N–C) groups is 1. The van der Waals surface area contributed by atoms with Gasteiger partial charge in [-0.3, -0.25) is 4.99 Å². The fourth-order valence-corrected chi connectivity index (χ4v) is 3.50. The summed E-state index contributed by atoms with van der Waals surface area (Å²) in [7, 11) is 1.60. The van der Waals surface area contributed by atoms with Gasteiger partial charge in [0, 0.05) is 7.05 Å². The maximum Gasteiger partial charge on any atom is 0.292 e. The van der Waals surface area contributed by atoms with Crippen LogP contribution in [0.25, 0.3) is 0 Å². The highest BCUT2D eigenvalue weighted by molar-refractivity contribution is 5.85. The van der Waals surface area contributed by atoms with E-state index in [0.717, 1.165) is 31.8 Å². The molecule has 1 aromatic heterocycles. The Labute approximate surface area is 155 Å². The topological polar surface area (TPSA) is 44.2 Å². The molecule has 0 radical (unpaired) electrons. The molecule has 4 heteroatoms. The maximum absolute atomic E-state index is 12.5. The van der Waals surface area contributed by atoms with E-state index < -0.39 is 0 Å². The SMILES string of the molecule is CCCCC(CC)Cn1cc[n+](CC(CC)CCCC)c1C([O-])=NC. The molecule has 2 unspecified atom stereocenters. The Morgan fingerprint density at radius 3 is 2.20 bits per heavy atom. The van der Waals surface area contributed by atoms with Crippen LogP contribution in [0.15, 0.2) is 17.4 Å². The minimum absolute atomic E-state index is 0.0966. The third kappa shape index (κ3) is 6.83. The molecular formula is C21H39N3O. The lowest BCUT2D eigenvalue weighted by molar-refractivity contribution is -0.706. The minimum atomic E-state index is -0.0966. The summed E-state index contributed by atoms with van der Waals surface area (Å²) in [5, 5.41) is 12.5. The molecule has 0 bridgehead atoms. The number of imidazole rings is 1. The number of hydrogen-bond acceptors (Lipinski definition) is 2. The molecule has 0 saturated carbocycles. The van der Waals surface area contributed by atoms with E-state index in [-0.39, 0.29) is 5.90 Å². The Bertz CT molecular complexity index is 472. The van der Waals surface area contributed by atoms with Gasteiger partial charge in [0.1, 0.15) is 12.4 Å². The Kier molecular flexibility index (Phi) is 10.5. The summed E-state index contributed by atoms with van der Waals surface area (Å²) in [6.45, 7) is 10.8. The van der Waals surface area contributed by atoms with E-state index in [9.17, 15) is 5.11 Å². The van der Waals surface area contributed by atoms with Crippen LogP contribution < -0.4 is 9.67 Å². The third-order valence-electron chi connectivity index (χ3n) is 5.36. The predicted octanol–water partition coefficient (Wildman–Crippen LogP) is 3.95. The van der Waals surface area contributed by atoms with Gasteiger partial charge in [-0.25, -0.2) is 9.13 Å². The van der Waals surface area contributed by atoms with Gasteiger partial charge < -0.3 is 5.11 Å². The molecule has 0 saturated heterocycles. The van der Waals surface area contributed by atoms with Crippen LogP contribution in [0.4, 0.5) is 0 Å². The van der Waals surface area contributed by atoms with Crippen molar-refractivity contribution in [2.24, 2.45) is 16.8 Å². The van der Waals surface area contributed by atoms with Crippen molar-refractivity contribution in [1.82, 2.24) is 4.57 Å². The molecule has 0 amide bonds. The third-order valence-corrected chi connectivity index (χ3v) is 5.36. The molecule has 1 heterocycles. The van der Waals surface area contributed by atoms with Gasteiger partial charge >= 0.3 is 0 Å². The number of unbranched alkanes of at least 4 members (excludes halogenated alkanes) is 2. The number of hydrogen-bond donors (Lipinski definition) is 0. The van der Waals surface area contributed by atoms with Crippen LogP contribution in [-0.2, 0) is 13.1 Å². The molecule has 1 aromatic rings. The molecule has 2 atom stereocenters. The summed E-state index contributed by atoms with van der Waals surface area (Å²) in [4.78, 5) is 3.96. The van der Waals surface area contributed by atoms with Gasteiger partial charge in [0.25, 0.3) is 5.82 Å². The van der Waals surface area contributed by atoms with Crippen molar-refractivity contribution in [2.75, 3.05) is 7.05 Å². The molecule has 0 aromatic carbocycles. The zero-order valence-corrected chi connectivity index (χ0v) is 17.1. The Morgan fingerprint density at radius 2 is 1.68 bits per heavy atom. The second kappa shape index (κ2) is 12.1. The van der Waals surface area contributed by atoms with Gasteiger partial charge in [-0.15, -0.1) is 0 Å². The predicted molar refractivity (Wildman–Crippen MR) is 104 cm³/mol. The summed E-state index contributed by atoms with van der Waals surface area (Å²) in [6.07, 6.45) is 13.9. The molecule has 0 aliphatic carbocycles. The van der Waals surface area contributed by atoms with E-state index >= 15 is 0 Å². The largest absolute Gasteiger partial charge is 0.853 e. The van der Waals surface area contributed by atoms with E-state index in [0.29, 0.717) is 11.8 Å². The van der Waals surface area contributed by atoms with Crippen molar-refractivity contribution >= 4 is 5.90 Å². The quantitative estimate of drug-likeness (QED) is 0.302. The zero-order valence-electron chi connectivity index (χ0n) is 17.1. The molecule has 144 valence electrons. The van der Waals surface area contributed by atoms with Crippen LogP contribution in [0.5, 0.6) is 0 Å². The Morgan fingerprint density at radius 1 is 1.08 bits per heavy atom. The fraction of sp³-hybridized carbons (Fsp3) is 0.810. The molecule has 0 aliphatic heterocycles. The van der Waals surface area contributed by atoms with Crippen molar-refractivity contribution < 1.29 is 9.67 Å². The van der Waals surface area contributed by atoms with Gasteiger partial charge in [-0.05, 0) is 37.5 Å². The molecule has 1 rings (SSSR count). The van der Waals surface area contributed by atoms with Crippen molar-refractivity contribution in [3.63, 3.8) is 0 Å². The lowest BCUT2D eigenvalue weighted by atomic mass is 9.99. The first-order chi connectivity index (χ1) is 12.1. The smallest absolute Gasteiger partial charge is 0.292 e. The van der Waals surface area contributed by atoms with Gasteiger partial charge in [-0.2, -0.15) is 0 Å². The summed E-state index contributed by atoms with van der Waals surface area (Å²) < 4.78 is 4.29. The molecule has 0 spiro atoms. The normalized spacial score (nSPS) is 14.7. The van der Waals surface area contributed by atoms with Crippen molar-refractivity contribution in [3.8, 4) is 0 Å². The van der Waals surface area contributed by atoms with Gasteiger partial charge in [0.05, 0.1) is 19.0 Å². The summed E-state index contributed by atoms with van der Waals surface area (Å²) in [5.41, 5.74) is 0. The van der Waals surface area contributed by atoms with Crippen molar-refractivity contribution in [2.45, 2.75) is 92.2 Å². The van der Waals surface area contributed by atoms with Crippen molar-refractivity contribution in [1.29, 1.82) is 0 Å². The van der Waals surface area contributed by atoms with Gasteiger partial charge in [-0.1, -0.05) is 53.4 Å². The molecule has 4 nitrogen and oxygen atoms in total. The Balaban J connectivity index is 2.97. The first kappa shape index (κ1) is 21.7. The van der Waals surface area contributed by atoms with Gasteiger partial charge in [0.15, 0.2) is 0 Å². The second-order valence-corrected chi connectivity index (χ2v) is 7.29. The molecule has 0 fully saturated rings. The van der Waals surface area contributed by atoms with Crippen LogP contribution >= 0.6 is 0 Å². The van der Waals surface area contributed by atoms with E-state index in [1.54, 1.807) is 7.05 Å². The standard InChI is InChI=1S/C21H39N3O/c1-6-10-12-18(8-3)16-23-14-15-24(21(23)20(25)22-5)17-19(9-4)13-11-7-2/h14-15,18-19H,6-13,16-17H2,1-5H3. The summed E-state index contributed by atoms with van der Waals surface area (Å²) >= 11 is 0. The summed E-state index contributed by atoms with van der Waals surface area (Å²) in [6, 6.07) is 0. The first-order valence-corrected chi connectivity index (χ1v) is 10.3. The van der Waals surface area contributed by atoms with Gasteiger partial charge in [0.2, 0.25) is 0 Å². The monoisotopic (exact) mass is 349 g/mol. The summed E-state index contributed by atoms with van der Waals surface area (Å²) in [5.74, 6) is 1.92. The van der Waals surface area contributed by atoms with E-state index in [1.165, 1.54) is 38.5 Å². The average Bonchev–Trinajstić information content (AvgIpc) is 3.03. The molecule has 25 heavy (non-hydrogen) atoms. The lowest BCUT2D eigenvalue weighted by Crippen LogP contribution is -2.45. The van der Waals surface area contributed by atoms with Crippen molar-refractivity contribution in [3.05, 3.63) is 18.2 Å². The first-order valence-electron chi connectivity index (χ1n) is 10.3. The second-order valence-electron chi connectivity index (χ2n) is 7.29. The highest BCUT2D eigenvalue weighted by Gasteiger charge is 2.22. The lowest BCUT2D eigenvalue weighted by Gasteiger charge is -2.17. The highest BCUT2D eigenvalue weighted by atomic mass is 16.3. The molecule has 0 aliphatic rings. The number of aromatic nitrogens is 2. The van der Waals surface area contributed by atoms with Crippen LogP contribution in [-0.4, -0.2) is 17.5 Å². The van der Waals surface area contributed by atoms with E-state index in [1.807, 2.05) is 0 Å². The fourth-order valence-electron chi connectivity index (χ4n) is 3.50. The van der Waals surface area contributed by atoms with Crippen LogP contribution in [0.3, 0.4) is 0 Å². The van der Waals surface area contributed by atoms with Crippen LogP contribution in [0.2, 0.25) is 0 Å². The minimum Gasteiger partial charge on any atom is -0.853 e. The zero-order chi connectivity index (χ0) is 18.7. The van der Waals surface area contributed by atoms with Crippen LogP contribution in [0.1, 0.15) is 84.9 Å². The van der Waals surface area contributed by atoms with E-state index in [2.05, 4.69) is 54.2 Å². The number of rotatable bonds is 13. The van der Waals surface area contributed by atoms with Crippen LogP contribution in [0, 0.1) is 11.8 Å². The Hall–Kier alpha value is -1.32.